The van der Waals surface area contributed by atoms with Crippen LogP contribution < -0.4 is 5.32 Å². The van der Waals surface area contributed by atoms with Crippen molar-refractivity contribution in [3.8, 4) is 0 Å². The largest absolute Gasteiger partial charge is 0.358 e. The number of nitrogens with one attached hydrogen (secondary N) is 2. The van der Waals surface area contributed by atoms with Crippen LogP contribution in [-0.2, 0) is 32.5 Å². The molecule has 1 aliphatic rings. The molecule has 0 radical (unpaired) electrons. The van der Waals surface area contributed by atoms with E-state index in [0.717, 1.165) is 19.6 Å². The van der Waals surface area contributed by atoms with Crippen molar-refractivity contribution in [1.82, 2.24) is 20.1 Å². The molecule has 126 valence electrons. The molecule has 24 heavy (non-hydrogen) atoms. The van der Waals surface area contributed by atoms with Crippen molar-refractivity contribution < 1.29 is 0 Å². The molecule has 3 aromatic rings. The Bertz CT molecular complexity index is 827. The summed E-state index contributed by atoms with van der Waals surface area (Å²) in [5.74, 6) is 0. The van der Waals surface area contributed by atoms with E-state index in [4.69, 9.17) is 0 Å². The molecule has 0 saturated heterocycles. The number of hydrogen-bond donors (Lipinski definition) is 2. The summed E-state index contributed by atoms with van der Waals surface area (Å²) in [7, 11) is 0. The first-order valence-electron chi connectivity index (χ1n) is 9.18. The smallest absolute Gasteiger partial charge is 0.0534 e. The van der Waals surface area contributed by atoms with E-state index in [2.05, 4.69) is 46.7 Å². The van der Waals surface area contributed by atoms with Gasteiger partial charge in [-0.15, -0.1) is 0 Å². The van der Waals surface area contributed by atoms with Crippen molar-refractivity contribution in [3.05, 3.63) is 53.0 Å². The first-order valence-corrected chi connectivity index (χ1v) is 9.18. The lowest BCUT2D eigenvalue weighted by Crippen LogP contribution is -2.12. The Balaban J connectivity index is 1.47. The van der Waals surface area contributed by atoms with Gasteiger partial charge in [0.1, 0.15) is 0 Å². The lowest BCUT2D eigenvalue weighted by Gasteiger charge is -2.05. The van der Waals surface area contributed by atoms with Gasteiger partial charge < -0.3 is 10.3 Å². The molecule has 2 heterocycles. The lowest BCUT2D eigenvalue weighted by molar-refractivity contribution is 0.655. The highest BCUT2D eigenvalue weighted by Gasteiger charge is 2.14. The molecule has 0 saturated carbocycles. The lowest BCUT2D eigenvalue weighted by atomic mass is 10.0. The van der Waals surface area contributed by atoms with Crippen molar-refractivity contribution in [2.45, 2.75) is 58.7 Å². The molecule has 2 N–H and O–H groups in total. The number of aromatic nitrogens is 3. The summed E-state index contributed by atoms with van der Waals surface area (Å²) in [6.45, 7) is 4.80. The molecule has 4 nitrogen and oxygen atoms in total. The van der Waals surface area contributed by atoms with E-state index in [1.165, 1.54) is 59.8 Å². The van der Waals surface area contributed by atoms with Gasteiger partial charge in [0.05, 0.1) is 6.20 Å². The Hall–Kier alpha value is -2.07. The van der Waals surface area contributed by atoms with Gasteiger partial charge in [-0.05, 0) is 55.9 Å². The minimum Gasteiger partial charge on any atom is -0.358 e. The molecule has 0 atom stereocenters. The van der Waals surface area contributed by atoms with Crippen LogP contribution >= 0.6 is 0 Å². The van der Waals surface area contributed by atoms with Crippen LogP contribution in [0.1, 0.15) is 48.6 Å². The summed E-state index contributed by atoms with van der Waals surface area (Å²) in [5, 5.41) is 9.30. The zero-order valence-corrected chi connectivity index (χ0v) is 14.4. The Morgan fingerprint density at radius 3 is 2.88 bits per heavy atom. The van der Waals surface area contributed by atoms with Crippen LogP contribution in [0, 0.1) is 0 Å². The van der Waals surface area contributed by atoms with Crippen molar-refractivity contribution in [3.63, 3.8) is 0 Å². The van der Waals surface area contributed by atoms with E-state index in [1.807, 2.05) is 10.9 Å². The van der Waals surface area contributed by atoms with Crippen LogP contribution in [0.25, 0.3) is 10.9 Å². The van der Waals surface area contributed by atoms with Crippen LogP contribution in [0.2, 0.25) is 0 Å². The average Bonchev–Trinajstić information content (AvgIpc) is 3.12. The number of aromatic amines is 1. The third-order valence-corrected chi connectivity index (χ3v) is 5.08. The molecule has 0 amide bonds. The van der Waals surface area contributed by atoms with Gasteiger partial charge in [0, 0.05) is 48.0 Å². The average molecular weight is 322 g/mol. The minimum atomic E-state index is 0.864. The molecular weight excluding hydrogens is 296 g/mol. The van der Waals surface area contributed by atoms with Gasteiger partial charge in [0.25, 0.3) is 0 Å². The van der Waals surface area contributed by atoms with Gasteiger partial charge in [-0.25, -0.2) is 0 Å². The second-order valence-electron chi connectivity index (χ2n) is 6.83. The molecule has 0 unspecified atom stereocenters. The number of benzene rings is 1. The maximum Gasteiger partial charge on any atom is 0.0534 e. The Labute approximate surface area is 143 Å². The quantitative estimate of drug-likeness (QED) is 0.699. The molecule has 0 bridgehead atoms. The van der Waals surface area contributed by atoms with Crippen molar-refractivity contribution in [2.75, 3.05) is 0 Å². The van der Waals surface area contributed by atoms with Gasteiger partial charge in [-0.2, -0.15) is 5.10 Å². The third kappa shape index (κ3) is 3.11. The van der Waals surface area contributed by atoms with E-state index in [1.54, 1.807) is 5.56 Å². The maximum absolute atomic E-state index is 4.32. The van der Waals surface area contributed by atoms with Crippen LogP contribution in [0.4, 0.5) is 0 Å². The van der Waals surface area contributed by atoms with Crippen molar-refractivity contribution in [1.29, 1.82) is 0 Å². The number of fused-ring (bicyclic) bond motifs is 3. The fraction of sp³-hybridized carbons (Fsp3) is 0.450. The van der Waals surface area contributed by atoms with Gasteiger partial charge in [0.15, 0.2) is 0 Å². The molecule has 2 aromatic heterocycles. The SMILES string of the molecule is CCn1cc(CNCc2ccc3[nH]c4c(c3c2)CCCCC4)cn1. The summed E-state index contributed by atoms with van der Waals surface area (Å²) in [5.41, 5.74) is 6.94. The summed E-state index contributed by atoms with van der Waals surface area (Å²) in [6.07, 6.45) is 10.5. The Morgan fingerprint density at radius 2 is 2.00 bits per heavy atom. The van der Waals surface area contributed by atoms with Crippen LogP contribution in [-0.4, -0.2) is 14.8 Å². The van der Waals surface area contributed by atoms with E-state index in [-0.39, 0.29) is 0 Å². The Kier molecular flexibility index (Phi) is 4.39. The maximum atomic E-state index is 4.32. The topological polar surface area (TPSA) is 45.6 Å². The first kappa shape index (κ1) is 15.5. The van der Waals surface area contributed by atoms with Gasteiger partial charge in [-0.1, -0.05) is 12.5 Å². The second-order valence-corrected chi connectivity index (χ2v) is 6.83. The number of aryl methyl sites for hydroxylation is 3. The van der Waals surface area contributed by atoms with Crippen LogP contribution in [0.3, 0.4) is 0 Å². The van der Waals surface area contributed by atoms with E-state index < -0.39 is 0 Å². The predicted molar refractivity (Wildman–Crippen MR) is 98.0 cm³/mol. The third-order valence-electron chi connectivity index (χ3n) is 5.08. The molecule has 4 rings (SSSR count). The van der Waals surface area contributed by atoms with E-state index in [0.29, 0.717) is 0 Å². The number of hydrogen-bond acceptors (Lipinski definition) is 2. The summed E-state index contributed by atoms with van der Waals surface area (Å²) >= 11 is 0. The first-order chi connectivity index (χ1) is 11.8. The second kappa shape index (κ2) is 6.81. The molecule has 0 fully saturated rings. The minimum absolute atomic E-state index is 0.864. The normalized spacial score (nSPS) is 14.7. The van der Waals surface area contributed by atoms with E-state index in [9.17, 15) is 0 Å². The van der Waals surface area contributed by atoms with Gasteiger partial charge >= 0.3 is 0 Å². The highest BCUT2D eigenvalue weighted by Crippen LogP contribution is 2.29. The zero-order chi connectivity index (χ0) is 16.4. The van der Waals surface area contributed by atoms with Gasteiger partial charge in [0.2, 0.25) is 0 Å². The molecule has 1 aliphatic carbocycles. The number of H-pyrrole nitrogens is 1. The molecule has 1 aromatic carbocycles. The standard InChI is InChI=1S/C20H26N4/c1-2-24-14-16(13-22-24)12-21-11-15-8-9-20-18(10-15)17-6-4-3-5-7-19(17)23-20/h8-10,13-14,21,23H,2-7,11-12H2,1H3. The van der Waals surface area contributed by atoms with Crippen LogP contribution in [0.5, 0.6) is 0 Å². The predicted octanol–water partition coefficient (Wildman–Crippen LogP) is 3.94. The molecule has 0 aliphatic heterocycles. The van der Waals surface area contributed by atoms with Gasteiger partial charge in [-0.3, -0.25) is 4.68 Å². The highest BCUT2D eigenvalue weighted by atomic mass is 15.3. The van der Waals surface area contributed by atoms with Crippen molar-refractivity contribution in [2.24, 2.45) is 0 Å². The number of rotatable bonds is 5. The van der Waals surface area contributed by atoms with Crippen LogP contribution in [0.15, 0.2) is 30.6 Å². The van der Waals surface area contributed by atoms with E-state index >= 15 is 0 Å². The summed E-state index contributed by atoms with van der Waals surface area (Å²) in [6, 6.07) is 6.86. The molecule has 4 heteroatoms. The number of nitrogens with zero attached hydrogens (tertiary/aromatic N) is 2. The summed E-state index contributed by atoms with van der Waals surface area (Å²) in [4.78, 5) is 3.64. The zero-order valence-electron chi connectivity index (χ0n) is 14.4. The monoisotopic (exact) mass is 322 g/mol. The molecular formula is C20H26N4. The molecule has 0 spiro atoms. The fourth-order valence-electron chi connectivity index (χ4n) is 3.76. The fourth-order valence-corrected chi connectivity index (χ4v) is 3.76. The van der Waals surface area contributed by atoms with Crippen molar-refractivity contribution >= 4 is 10.9 Å². The highest BCUT2D eigenvalue weighted by molar-refractivity contribution is 5.85. The summed E-state index contributed by atoms with van der Waals surface area (Å²) < 4.78 is 1.97. The Morgan fingerprint density at radius 1 is 1.12 bits per heavy atom.